The van der Waals surface area contributed by atoms with Gasteiger partial charge in [-0.1, -0.05) is 6.07 Å². The number of nitrogens with two attached hydrogens (primary N) is 1. The molecule has 1 aromatic rings. The van der Waals surface area contributed by atoms with E-state index in [1.807, 2.05) is 13.8 Å². The Morgan fingerprint density at radius 1 is 1.35 bits per heavy atom. The molecular formula is C12H19NO3S. The van der Waals surface area contributed by atoms with Crippen molar-refractivity contribution >= 4 is 15.5 Å². The molecule has 0 spiro atoms. The van der Waals surface area contributed by atoms with Gasteiger partial charge in [0.15, 0.2) is 9.84 Å². The maximum Gasteiger partial charge on any atom is 0.180 e. The van der Waals surface area contributed by atoms with Gasteiger partial charge in [0, 0.05) is 5.69 Å². The molecule has 0 atom stereocenters. The van der Waals surface area contributed by atoms with Gasteiger partial charge in [0.05, 0.1) is 23.4 Å². The molecule has 1 rings (SSSR count). The van der Waals surface area contributed by atoms with Crippen molar-refractivity contribution in [1.29, 1.82) is 0 Å². The Balaban J connectivity index is 2.87. The second-order valence-electron chi connectivity index (χ2n) is 4.21. The van der Waals surface area contributed by atoms with Gasteiger partial charge in [0.1, 0.15) is 0 Å². The van der Waals surface area contributed by atoms with Gasteiger partial charge in [-0.25, -0.2) is 8.42 Å². The topological polar surface area (TPSA) is 69.4 Å². The average Bonchev–Trinajstić information content (AvgIpc) is 2.21. The molecule has 4 nitrogen and oxygen atoms in total. The highest BCUT2D eigenvalue weighted by Gasteiger charge is 2.17. The van der Waals surface area contributed by atoms with E-state index in [1.54, 1.807) is 25.1 Å². The van der Waals surface area contributed by atoms with Crippen LogP contribution in [0, 0.1) is 6.92 Å². The van der Waals surface area contributed by atoms with Crippen molar-refractivity contribution in [2.45, 2.75) is 31.8 Å². The third-order valence-corrected chi connectivity index (χ3v) is 4.28. The SMILES string of the molecule is Cc1c(N)cccc1S(=O)(=O)CCOC(C)C. The fraction of sp³-hybridized carbons (Fsp3) is 0.500. The van der Waals surface area contributed by atoms with E-state index in [-0.39, 0.29) is 18.5 Å². The molecular weight excluding hydrogens is 238 g/mol. The average molecular weight is 257 g/mol. The van der Waals surface area contributed by atoms with E-state index in [0.29, 0.717) is 16.1 Å². The van der Waals surface area contributed by atoms with Gasteiger partial charge < -0.3 is 10.5 Å². The van der Waals surface area contributed by atoms with Gasteiger partial charge in [0.2, 0.25) is 0 Å². The largest absolute Gasteiger partial charge is 0.398 e. The molecule has 17 heavy (non-hydrogen) atoms. The smallest absolute Gasteiger partial charge is 0.180 e. The Bertz CT molecular complexity index is 481. The molecule has 0 radical (unpaired) electrons. The van der Waals surface area contributed by atoms with E-state index in [9.17, 15) is 8.42 Å². The van der Waals surface area contributed by atoms with Crippen LogP contribution in [0.15, 0.2) is 23.1 Å². The quantitative estimate of drug-likeness (QED) is 0.816. The van der Waals surface area contributed by atoms with Crippen molar-refractivity contribution in [3.8, 4) is 0 Å². The van der Waals surface area contributed by atoms with E-state index >= 15 is 0 Å². The molecule has 0 aliphatic carbocycles. The number of benzene rings is 1. The van der Waals surface area contributed by atoms with Gasteiger partial charge in [0.25, 0.3) is 0 Å². The third-order valence-electron chi connectivity index (χ3n) is 2.46. The van der Waals surface area contributed by atoms with Gasteiger partial charge in [-0.3, -0.25) is 0 Å². The number of ether oxygens (including phenoxy) is 1. The third kappa shape index (κ3) is 3.71. The fourth-order valence-corrected chi connectivity index (χ4v) is 2.88. The lowest BCUT2D eigenvalue weighted by molar-refractivity contribution is 0.0912. The lowest BCUT2D eigenvalue weighted by atomic mass is 10.2. The van der Waals surface area contributed by atoms with E-state index < -0.39 is 9.84 Å². The summed E-state index contributed by atoms with van der Waals surface area (Å²) < 4.78 is 29.4. The first-order valence-corrected chi connectivity index (χ1v) is 7.19. The van der Waals surface area contributed by atoms with Crippen LogP contribution in [-0.2, 0) is 14.6 Å². The monoisotopic (exact) mass is 257 g/mol. The molecule has 0 saturated carbocycles. The van der Waals surface area contributed by atoms with Crippen molar-refractivity contribution in [3.05, 3.63) is 23.8 Å². The van der Waals surface area contributed by atoms with E-state index in [1.165, 1.54) is 0 Å². The first-order chi connectivity index (χ1) is 7.84. The van der Waals surface area contributed by atoms with Crippen molar-refractivity contribution in [2.24, 2.45) is 0 Å². The minimum Gasteiger partial charge on any atom is -0.398 e. The molecule has 0 saturated heterocycles. The Morgan fingerprint density at radius 3 is 2.59 bits per heavy atom. The van der Waals surface area contributed by atoms with Gasteiger partial charge in [-0.05, 0) is 38.5 Å². The molecule has 0 unspecified atom stereocenters. The molecule has 0 bridgehead atoms. The Labute approximate surface area is 103 Å². The summed E-state index contributed by atoms with van der Waals surface area (Å²) in [5, 5.41) is 0. The lowest BCUT2D eigenvalue weighted by Crippen LogP contribution is -2.16. The van der Waals surface area contributed by atoms with Crippen LogP contribution in [0.1, 0.15) is 19.4 Å². The van der Waals surface area contributed by atoms with Gasteiger partial charge >= 0.3 is 0 Å². The zero-order valence-corrected chi connectivity index (χ0v) is 11.3. The van der Waals surface area contributed by atoms with Crippen molar-refractivity contribution in [3.63, 3.8) is 0 Å². The first kappa shape index (κ1) is 14.0. The van der Waals surface area contributed by atoms with Crippen molar-refractivity contribution in [2.75, 3.05) is 18.1 Å². The van der Waals surface area contributed by atoms with Gasteiger partial charge in [-0.2, -0.15) is 0 Å². The highest BCUT2D eigenvalue weighted by atomic mass is 32.2. The molecule has 0 aliphatic heterocycles. The summed E-state index contributed by atoms with van der Waals surface area (Å²) in [6.07, 6.45) is 0.0344. The second kappa shape index (κ2) is 5.51. The molecule has 1 aromatic carbocycles. The number of rotatable bonds is 5. The number of hydrogen-bond acceptors (Lipinski definition) is 4. The summed E-state index contributed by atoms with van der Waals surface area (Å²) >= 11 is 0. The zero-order valence-electron chi connectivity index (χ0n) is 10.4. The highest BCUT2D eigenvalue weighted by molar-refractivity contribution is 7.91. The normalized spacial score (nSPS) is 12.0. The van der Waals surface area contributed by atoms with Crippen molar-refractivity contribution in [1.82, 2.24) is 0 Å². The standard InChI is InChI=1S/C12H19NO3S/c1-9(2)16-7-8-17(14,15)12-6-4-5-11(13)10(12)3/h4-6,9H,7-8,13H2,1-3H3. The predicted molar refractivity (Wildman–Crippen MR) is 68.7 cm³/mol. The number of anilines is 1. The van der Waals surface area contributed by atoms with Crippen LogP contribution >= 0.6 is 0 Å². The number of hydrogen-bond donors (Lipinski definition) is 1. The number of sulfone groups is 1. The fourth-order valence-electron chi connectivity index (χ4n) is 1.47. The summed E-state index contributed by atoms with van der Waals surface area (Å²) in [5.41, 5.74) is 6.80. The highest BCUT2D eigenvalue weighted by Crippen LogP contribution is 2.21. The molecule has 96 valence electrons. The molecule has 0 heterocycles. The molecule has 5 heteroatoms. The van der Waals surface area contributed by atoms with Crippen LogP contribution in [-0.4, -0.2) is 26.9 Å². The Hall–Kier alpha value is -1.07. The minimum atomic E-state index is -3.31. The predicted octanol–water partition coefficient (Wildman–Crippen LogP) is 1.78. The summed E-state index contributed by atoms with van der Waals surface area (Å²) in [7, 11) is -3.31. The van der Waals surface area contributed by atoms with Crippen LogP contribution in [0.25, 0.3) is 0 Å². The van der Waals surface area contributed by atoms with Crippen LogP contribution in [0.4, 0.5) is 5.69 Å². The summed E-state index contributed by atoms with van der Waals surface area (Å²) in [6, 6.07) is 4.92. The van der Waals surface area contributed by atoms with Crippen LogP contribution in [0.3, 0.4) is 0 Å². The van der Waals surface area contributed by atoms with Gasteiger partial charge in [-0.15, -0.1) is 0 Å². The Morgan fingerprint density at radius 2 is 2.00 bits per heavy atom. The minimum absolute atomic E-state index is 0.0184. The summed E-state index contributed by atoms with van der Waals surface area (Å²) in [4.78, 5) is 0.296. The lowest BCUT2D eigenvalue weighted by Gasteiger charge is -2.11. The number of nitrogen functional groups attached to an aromatic ring is 1. The molecule has 0 amide bonds. The Kier molecular flexibility index (Phi) is 4.54. The van der Waals surface area contributed by atoms with E-state index in [2.05, 4.69) is 0 Å². The summed E-state index contributed by atoms with van der Waals surface area (Å²) in [6.45, 7) is 5.66. The molecule has 0 aromatic heterocycles. The van der Waals surface area contributed by atoms with Crippen molar-refractivity contribution < 1.29 is 13.2 Å². The first-order valence-electron chi connectivity index (χ1n) is 5.54. The maximum absolute atomic E-state index is 12.1. The molecule has 2 N–H and O–H groups in total. The molecule has 0 fully saturated rings. The van der Waals surface area contributed by atoms with E-state index in [0.717, 1.165) is 0 Å². The van der Waals surface area contributed by atoms with Crippen LogP contribution in [0.5, 0.6) is 0 Å². The van der Waals surface area contributed by atoms with E-state index in [4.69, 9.17) is 10.5 Å². The van der Waals surface area contributed by atoms with Crippen LogP contribution in [0.2, 0.25) is 0 Å². The second-order valence-corrected chi connectivity index (χ2v) is 6.29. The zero-order chi connectivity index (χ0) is 13.1. The molecule has 0 aliphatic rings. The summed E-state index contributed by atoms with van der Waals surface area (Å²) in [5.74, 6) is -0.0184. The van der Waals surface area contributed by atoms with Crippen LogP contribution < -0.4 is 5.73 Å². The maximum atomic E-state index is 12.1.